The van der Waals surface area contributed by atoms with Gasteiger partial charge < -0.3 is 4.74 Å². The van der Waals surface area contributed by atoms with E-state index in [4.69, 9.17) is 0 Å². The first kappa shape index (κ1) is 27.4. The maximum Gasteiger partial charge on any atom is 0.573 e. The standard InChI is InChI=1S/C29H26F6N2O/c1-2-3-4-5-6-19-16-36-28(37-17-19)22-11-12-23-21(15-22)10-9-20(26(23)32)8-7-18-13-24(30)27(25(31)14-18)38-29(33,34)35/h9-17H,2-8H2,1H3. The van der Waals surface area contributed by atoms with Crippen LogP contribution in [-0.4, -0.2) is 16.3 Å². The Morgan fingerprint density at radius 3 is 2.13 bits per heavy atom. The molecule has 0 saturated heterocycles. The molecule has 0 fully saturated rings. The second kappa shape index (κ2) is 11.8. The summed E-state index contributed by atoms with van der Waals surface area (Å²) in [5.74, 6) is -4.41. The molecule has 0 spiro atoms. The van der Waals surface area contributed by atoms with Crippen molar-refractivity contribution in [2.24, 2.45) is 0 Å². The summed E-state index contributed by atoms with van der Waals surface area (Å²) in [4.78, 5) is 8.92. The van der Waals surface area contributed by atoms with Crippen molar-refractivity contribution in [1.29, 1.82) is 0 Å². The smallest absolute Gasteiger partial charge is 0.399 e. The Hall–Kier alpha value is -3.62. The van der Waals surface area contributed by atoms with E-state index in [1.807, 2.05) is 12.4 Å². The molecule has 0 aliphatic heterocycles. The van der Waals surface area contributed by atoms with Gasteiger partial charge in [-0.15, -0.1) is 13.2 Å². The van der Waals surface area contributed by atoms with Gasteiger partial charge in [-0.2, -0.15) is 0 Å². The molecule has 0 unspecified atom stereocenters. The molecule has 0 atom stereocenters. The minimum absolute atomic E-state index is 0.0132. The molecule has 4 rings (SSSR count). The zero-order valence-electron chi connectivity index (χ0n) is 20.7. The lowest BCUT2D eigenvalue weighted by atomic mass is 9.98. The zero-order valence-corrected chi connectivity index (χ0v) is 20.7. The van der Waals surface area contributed by atoms with Crippen molar-refractivity contribution in [3.8, 4) is 17.1 Å². The van der Waals surface area contributed by atoms with Gasteiger partial charge >= 0.3 is 6.36 Å². The predicted octanol–water partition coefficient (Wildman–Crippen LogP) is 8.52. The van der Waals surface area contributed by atoms with E-state index >= 15 is 4.39 Å². The van der Waals surface area contributed by atoms with Crippen molar-refractivity contribution in [1.82, 2.24) is 9.97 Å². The van der Waals surface area contributed by atoms with Crippen LogP contribution in [0, 0.1) is 17.5 Å². The Morgan fingerprint density at radius 2 is 1.47 bits per heavy atom. The number of hydrogen-bond acceptors (Lipinski definition) is 3. The van der Waals surface area contributed by atoms with Gasteiger partial charge in [-0.1, -0.05) is 50.5 Å². The van der Waals surface area contributed by atoms with Gasteiger partial charge in [0.05, 0.1) is 0 Å². The number of nitrogens with zero attached hydrogens (tertiary/aromatic N) is 2. The normalized spacial score (nSPS) is 11.8. The lowest BCUT2D eigenvalue weighted by molar-refractivity contribution is -0.276. The number of aromatic nitrogens is 2. The van der Waals surface area contributed by atoms with Gasteiger partial charge in [-0.25, -0.2) is 23.1 Å². The second-order valence-corrected chi connectivity index (χ2v) is 9.14. The zero-order chi connectivity index (χ0) is 27.3. The fourth-order valence-electron chi connectivity index (χ4n) is 4.31. The topological polar surface area (TPSA) is 35.0 Å². The summed E-state index contributed by atoms with van der Waals surface area (Å²) in [5, 5.41) is 1.01. The Bertz CT molecular complexity index is 1380. The van der Waals surface area contributed by atoms with Crippen LogP contribution < -0.4 is 4.74 Å². The van der Waals surface area contributed by atoms with Gasteiger partial charge in [0, 0.05) is 23.3 Å². The number of halogens is 6. The Balaban J connectivity index is 1.46. The average Bonchev–Trinajstić information content (AvgIpc) is 2.88. The van der Waals surface area contributed by atoms with Crippen molar-refractivity contribution in [3.05, 3.63) is 89.0 Å². The molecule has 0 saturated carbocycles. The third kappa shape index (κ3) is 6.82. The summed E-state index contributed by atoms with van der Waals surface area (Å²) >= 11 is 0. The first-order chi connectivity index (χ1) is 18.1. The summed E-state index contributed by atoms with van der Waals surface area (Å²) in [6.45, 7) is 2.17. The molecule has 0 aliphatic rings. The van der Waals surface area contributed by atoms with E-state index in [2.05, 4.69) is 21.6 Å². The highest BCUT2D eigenvalue weighted by Gasteiger charge is 2.34. The molecule has 0 bridgehead atoms. The summed E-state index contributed by atoms with van der Waals surface area (Å²) in [7, 11) is 0. The summed E-state index contributed by atoms with van der Waals surface area (Å²) in [6.07, 6.45) is 4.09. The molecule has 0 N–H and O–H groups in total. The summed E-state index contributed by atoms with van der Waals surface area (Å²) in [6, 6.07) is 9.99. The lowest BCUT2D eigenvalue weighted by Crippen LogP contribution is -2.19. The largest absolute Gasteiger partial charge is 0.573 e. The molecule has 3 nitrogen and oxygen atoms in total. The molecule has 0 radical (unpaired) electrons. The fraction of sp³-hybridized carbons (Fsp3) is 0.310. The fourth-order valence-corrected chi connectivity index (χ4v) is 4.31. The molecule has 1 heterocycles. The van der Waals surface area contributed by atoms with Crippen LogP contribution in [0.3, 0.4) is 0 Å². The number of benzene rings is 3. The first-order valence-electron chi connectivity index (χ1n) is 12.4. The Kier molecular flexibility index (Phi) is 8.54. The van der Waals surface area contributed by atoms with Crippen LogP contribution in [0.15, 0.2) is 54.9 Å². The number of unbranched alkanes of at least 4 members (excludes halogenated alkanes) is 3. The van der Waals surface area contributed by atoms with E-state index in [-0.39, 0.29) is 18.4 Å². The Morgan fingerprint density at radius 1 is 0.763 bits per heavy atom. The van der Waals surface area contributed by atoms with Gasteiger partial charge in [0.15, 0.2) is 17.5 Å². The molecule has 38 heavy (non-hydrogen) atoms. The van der Waals surface area contributed by atoms with Crippen LogP contribution in [0.25, 0.3) is 22.2 Å². The molecular formula is C29H26F6N2O. The SMILES string of the molecule is CCCCCCc1cnc(-c2ccc3c(F)c(CCc4cc(F)c(OC(F)(F)F)c(F)c4)ccc3c2)nc1. The third-order valence-corrected chi connectivity index (χ3v) is 6.28. The van der Waals surface area contributed by atoms with Crippen LogP contribution in [0.1, 0.15) is 49.3 Å². The number of ether oxygens (including phenoxy) is 1. The monoisotopic (exact) mass is 532 g/mol. The highest BCUT2D eigenvalue weighted by molar-refractivity contribution is 5.87. The molecule has 9 heteroatoms. The molecule has 1 aromatic heterocycles. The molecule has 0 amide bonds. The average molecular weight is 533 g/mol. The second-order valence-electron chi connectivity index (χ2n) is 9.14. The minimum atomic E-state index is -5.22. The van der Waals surface area contributed by atoms with Crippen LogP contribution in [-0.2, 0) is 19.3 Å². The number of aryl methyl sites for hydroxylation is 3. The lowest BCUT2D eigenvalue weighted by Gasteiger charge is -2.12. The van der Waals surface area contributed by atoms with E-state index < -0.39 is 29.6 Å². The molecular weight excluding hydrogens is 506 g/mol. The Labute approximate surface area is 216 Å². The van der Waals surface area contributed by atoms with Crippen LogP contribution in [0.4, 0.5) is 26.3 Å². The van der Waals surface area contributed by atoms with E-state index in [0.717, 1.165) is 36.1 Å². The third-order valence-electron chi connectivity index (χ3n) is 6.28. The van der Waals surface area contributed by atoms with Gasteiger partial charge in [-0.05, 0) is 66.0 Å². The highest BCUT2D eigenvalue weighted by atomic mass is 19.4. The highest BCUT2D eigenvalue weighted by Crippen LogP contribution is 2.31. The number of hydrogen-bond donors (Lipinski definition) is 0. The van der Waals surface area contributed by atoms with E-state index in [0.29, 0.717) is 22.2 Å². The van der Waals surface area contributed by atoms with Crippen molar-refractivity contribution in [3.63, 3.8) is 0 Å². The van der Waals surface area contributed by atoms with Gasteiger partial charge in [0.25, 0.3) is 0 Å². The number of alkyl halides is 3. The van der Waals surface area contributed by atoms with Gasteiger partial charge in [-0.3, -0.25) is 0 Å². The minimum Gasteiger partial charge on any atom is -0.399 e. The number of fused-ring (bicyclic) bond motifs is 1. The predicted molar refractivity (Wildman–Crippen MR) is 133 cm³/mol. The van der Waals surface area contributed by atoms with Crippen molar-refractivity contribution in [2.75, 3.05) is 0 Å². The van der Waals surface area contributed by atoms with Crippen molar-refractivity contribution < 1.29 is 31.1 Å². The van der Waals surface area contributed by atoms with E-state index in [9.17, 15) is 22.0 Å². The summed E-state index contributed by atoms with van der Waals surface area (Å²) in [5.41, 5.74) is 2.21. The van der Waals surface area contributed by atoms with E-state index in [1.54, 1.807) is 30.3 Å². The maximum absolute atomic E-state index is 15.2. The van der Waals surface area contributed by atoms with Crippen LogP contribution in [0.5, 0.6) is 5.75 Å². The van der Waals surface area contributed by atoms with Gasteiger partial charge in [0.1, 0.15) is 5.82 Å². The van der Waals surface area contributed by atoms with Crippen molar-refractivity contribution >= 4 is 10.8 Å². The molecule has 200 valence electrons. The molecule has 0 aliphatic carbocycles. The molecule has 4 aromatic rings. The quantitative estimate of drug-likeness (QED) is 0.152. The number of rotatable bonds is 10. The van der Waals surface area contributed by atoms with E-state index in [1.165, 1.54) is 19.3 Å². The first-order valence-corrected chi connectivity index (χ1v) is 12.4. The summed E-state index contributed by atoms with van der Waals surface area (Å²) < 4.78 is 83.6. The van der Waals surface area contributed by atoms with Crippen molar-refractivity contribution in [2.45, 2.75) is 58.2 Å². The maximum atomic E-state index is 15.2. The van der Waals surface area contributed by atoms with Gasteiger partial charge in [0.2, 0.25) is 5.75 Å². The molecule has 3 aromatic carbocycles. The van der Waals surface area contributed by atoms with Crippen LogP contribution >= 0.6 is 0 Å². The van der Waals surface area contributed by atoms with Crippen LogP contribution in [0.2, 0.25) is 0 Å².